The monoisotopic (exact) mass is 591 g/mol. The van der Waals surface area contributed by atoms with Crippen LogP contribution in [0.15, 0.2) is 42.5 Å². The predicted molar refractivity (Wildman–Crippen MR) is 161 cm³/mol. The Bertz CT molecular complexity index is 1610. The van der Waals surface area contributed by atoms with Crippen LogP contribution in [0.3, 0.4) is 0 Å². The van der Waals surface area contributed by atoms with Gasteiger partial charge in [-0.2, -0.15) is 0 Å². The van der Waals surface area contributed by atoms with Crippen LogP contribution in [0, 0.1) is 10.1 Å². The Morgan fingerprint density at radius 1 is 1.10 bits per heavy atom. The number of benzene rings is 2. The van der Waals surface area contributed by atoms with Crippen LogP contribution >= 0.6 is 22.7 Å². The number of para-hydroxylation sites is 1. The molecule has 4 aromatic rings. The molecule has 10 nitrogen and oxygen atoms in total. The van der Waals surface area contributed by atoms with Gasteiger partial charge in [-0.3, -0.25) is 14.9 Å². The lowest BCUT2D eigenvalue weighted by atomic mass is 10.0. The van der Waals surface area contributed by atoms with Gasteiger partial charge in [0, 0.05) is 41.7 Å². The second-order valence-electron chi connectivity index (χ2n) is 10.0. The number of hydrogen-bond donors (Lipinski definition) is 1. The maximum absolute atomic E-state index is 13.6. The first-order valence-corrected chi connectivity index (χ1v) is 15.3. The molecule has 0 saturated carbocycles. The van der Waals surface area contributed by atoms with Gasteiger partial charge >= 0.3 is 6.09 Å². The number of rotatable bonds is 6. The molecule has 1 fully saturated rings. The molecule has 2 aliphatic heterocycles. The summed E-state index contributed by atoms with van der Waals surface area (Å²) in [4.78, 5) is 47.1. The standard InChI is InChI=1S/C29H29N5O5S2/c1-2-39-29(36)33-15-12-19-24(17-33)41-28(25(19)27-30-20-8-4-5-9-23(20)40-27)31-26(35)18-10-11-21(22(16-18)34(37)38)32-13-6-3-7-14-32/h4-5,8-11,16H,2-3,6-7,12-15,17H2,1H3,(H,31,35). The summed E-state index contributed by atoms with van der Waals surface area (Å²) in [7, 11) is 0. The average molecular weight is 592 g/mol. The predicted octanol–water partition coefficient (Wildman–Crippen LogP) is 6.69. The number of aromatic nitrogens is 1. The van der Waals surface area contributed by atoms with Crippen molar-refractivity contribution in [1.29, 1.82) is 0 Å². The maximum Gasteiger partial charge on any atom is 0.410 e. The molecule has 1 N–H and O–H groups in total. The number of amides is 2. The van der Waals surface area contributed by atoms with E-state index in [4.69, 9.17) is 9.72 Å². The van der Waals surface area contributed by atoms with Crippen LogP contribution in [0.4, 0.5) is 21.2 Å². The zero-order chi connectivity index (χ0) is 28.5. The van der Waals surface area contributed by atoms with Gasteiger partial charge in [0.25, 0.3) is 11.6 Å². The number of hydrogen-bond acceptors (Lipinski definition) is 9. The fourth-order valence-corrected chi connectivity index (χ4v) is 7.82. The minimum absolute atomic E-state index is 0.0681. The minimum Gasteiger partial charge on any atom is -0.450 e. The summed E-state index contributed by atoms with van der Waals surface area (Å²) in [6, 6.07) is 12.6. The molecule has 0 aliphatic carbocycles. The number of ether oxygens (including phenoxy) is 1. The Balaban J connectivity index is 1.35. The Morgan fingerprint density at radius 3 is 2.66 bits per heavy atom. The van der Waals surface area contributed by atoms with E-state index in [0.717, 1.165) is 63.6 Å². The van der Waals surface area contributed by atoms with Crippen molar-refractivity contribution in [3.63, 3.8) is 0 Å². The SMILES string of the molecule is CCOC(=O)N1CCc2c(sc(NC(=O)c3ccc(N4CCCCC4)c([N+](=O)[O-])c3)c2-c2nc3ccccc3s2)C1. The molecular weight excluding hydrogens is 562 g/mol. The van der Waals surface area contributed by atoms with E-state index in [0.29, 0.717) is 36.8 Å². The second kappa shape index (κ2) is 11.5. The van der Waals surface area contributed by atoms with Crippen molar-refractivity contribution in [2.45, 2.75) is 39.2 Å². The van der Waals surface area contributed by atoms with Crippen molar-refractivity contribution in [3.8, 4) is 10.6 Å². The first-order valence-electron chi connectivity index (χ1n) is 13.7. The molecule has 0 spiro atoms. The van der Waals surface area contributed by atoms with E-state index in [1.54, 1.807) is 35.3 Å². The van der Waals surface area contributed by atoms with E-state index < -0.39 is 10.8 Å². The minimum atomic E-state index is -0.429. The summed E-state index contributed by atoms with van der Waals surface area (Å²) < 4.78 is 6.25. The molecular formula is C29H29N5O5S2. The van der Waals surface area contributed by atoms with Gasteiger partial charge in [0.1, 0.15) is 15.7 Å². The number of piperidine rings is 1. The molecule has 4 heterocycles. The molecule has 1 saturated heterocycles. The number of nitro groups is 1. The summed E-state index contributed by atoms with van der Waals surface area (Å²) >= 11 is 2.96. The van der Waals surface area contributed by atoms with Crippen molar-refractivity contribution >= 4 is 61.3 Å². The van der Waals surface area contributed by atoms with Crippen LogP contribution in [0.25, 0.3) is 20.8 Å². The quantitative estimate of drug-likeness (QED) is 0.196. The van der Waals surface area contributed by atoms with Crippen molar-refractivity contribution < 1.29 is 19.2 Å². The fourth-order valence-electron chi connectivity index (χ4n) is 5.46. The van der Waals surface area contributed by atoms with Gasteiger partial charge in [0.05, 0.1) is 28.3 Å². The van der Waals surface area contributed by atoms with E-state index in [9.17, 15) is 19.7 Å². The van der Waals surface area contributed by atoms with Gasteiger partial charge in [-0.05, 0) is 62.4 Å². The highest BCUT2D eigenvalue weighted by Gasteiger charge is 2.31. The fraction of sp³-hybridized carbons (Fsp3) is 0.345. The second-order valence-corrected chi connectivity index (χ2v) is 12.2. The van der Waals surface area contributed by atoms with E-state index >= 15 is 0 Å². The van der Waals surface area contributed by atoms with Crippen LogP contribution in [0.5, 0.6) is 0 Å². The van der Waals surface area contributed by atoms with E-state index in [1.165, 1.54) is 17.4 Å². The van der Waals surface area contributed by atoms with Gasteiger partial charge in [-0.25, -0.2) is 9.78 Å². The van der Waals surface area contributed by atoms with Gasteiger partial charge in [0.2, 0.25) is 0 Å². The van der Waals surface area contributed by atoms with Gasteiger partial charge in [-0.1, -0.05) is 12.1 Å². The summed E-state index contributed by atoms with van der Waals surface area (Å²) in [6.45, 7) is 4.48. The Labute approximate surface area is 244 Å². The maximum atomic E-state index is 13.6. The zero-order valence-corrected chi connectivity index (χ0v) is 24.2. The molecule has 2 aromatic carbocycles. The number of fused-ring (bicyclic) bond motifs is 2. The van der Waals surface area contributed by atoms with Crippen LogP contribution < -0.4 is 10.2 Å². The largest absolute Gasteiger partial charge is 0.450 e. The first kappa shape index (κ1) is 27.2. The van der Waals surface area contributed by atoms with Crippen LogP contribution in [0.2, 0.25) is 0 Å². The molecule has 2 aliphatic rings. The van der Waals surface area contributed by atoms with Crippen molar-refractivity contribution in [3.05, 3.63) is 68.6 Å². The molecule has 6 rings (SSSR count). The van der Waals surface area contributed by atoms with Crippen LogP contribution in [0.1, 0.15) is 47.0 Å². The highest BCUT2D eigenvalue weighted by molar-refractivity contribution is 7.23. The number of nitro benzene ring substituents is 1. The number of anilines is 2. The molecule has 0 radical (unpaired) electrons. The average Bonchev–Trinajstić information content (AvgIpc) is 3.57. The van der Waals surface area contributed by atoms with E-state index in [-0.39, 0.29) is 17.3 Å². The molecule has 212 valence electrons. The Morgan fingerprint density at radius 2 is 1.90 bits per heavy atom. The molecule has 2 aromatic heterocycles. The number of nitrogens with one attached hydrogen (secondary N) is 1. The van der Waals surface area contributed by atoms with Crippen molar-refractivity contribution in [2.24, 2.45) is 0 Å². The molecule has 0 unspecified atom stereocenters. The van der Waals surface area contributed by atoms with E-state index in [2.05, 4.69) is 5.32 Å². The van der Waals surface area contributed by atoms with Crippen molar-refractivity contribution in [1.82, 2.24) is 9.88 Å². The summed E-state index contributed by atoms with van der Waals surface area (Å²) in [5.41, 5.74) is 3.47. The van der Waals surface area contributed by atoms with Gasteiger partial charge < -0.3 is 19.9 Å². The lowest BCUT2D eigenvalue weighted by molar-refractivity contribution is -0.384. The molecule has 2 amide bonds. The Kier molecular flexibility index (Phi) is 7.59. The molecule has 0 atom stereocenters. The van der Waals surface area contributed by atoms with Crippen LogP contribution in [-0.4, -0.2) is 53.0 Å². The third kappa shape index (κ3) is 5.36. The molecule has 0 bridgehead atoms. The third-order valence-corrected chi connectivity index (χ3v) is 9.63. The Hall–Kier alpha value is -4.03. The molecule has 12 heteroatoms. The lowest BCUT2D eigenvalue weighted by Gasteiger charge is -2.28. The molecule has 41 heavy (non-hydrogen) atoms. The zero-order valence-electron chi connectivity index (χ0n) is 22.6. The number of nitrogens with zero attached hydrogens (tertiary/aromatic N) is 4. The summed E-state index contributed by atoms with van der Waals surface area (Å²) in [5, 5.41) is 16.4. The summed E-state index contributed by atoms with van der Waals surface area (Å²) in [5.74, 6) is -0.429. The summed E-state index contributed by atoms with van der Waals surface area (Å²) in [6.07, 6.45) is 3.33. The third-order valence-electron chi connectivity index (χ3n) is 7.45. The smallest absolute Gasteiger partial charge is 0.410 e. The van der Waals surface area contributed by atoms with E-state index in [1.807, 2.05) is 29.2 Å². The van der Waals surface area contributed by atoms with Gasteiger partial charge in [0.15, 0.2) is 0 Å². The lowest BCUT2D eigenvalue weighted by Crippen LogP contribution is -2.35. The first-order chi connectivity index (χ1) is 19.9. The topological polar surface area (TPSA) is 118 Å². The highest BCUT2D eigenvalue weighted by Crippen LogP contribution is 2.46. The number of thiophene rings is 1. The van der Waals surface area contributed by atoms with Crippen LogP contribution in [-0.2, 0) is 17.7 Å². The highest BCUT2D eigenvalue weighted by atomic mass is 32.1. The van der Waals surface area contributed by atoms with Gasteiger partial charge in [-0.15, -0.1) is 22.7 Å². The number of thiazole rings is 1. The number of carbonyl (C=O) groups excluding carboxylic acids is 2. The number of carbonyl (C=O) groups is 2. The van der Waals surface area contributed by atoms with Crippen molar-refractivity contribution in [2.75, 3.05) is 36.5 Å². The normalized spacial score (nSPS) is 15.0.